The molecule has 4 saturated carbocycles. The van der Waals surface area contributed by atoms with Crippen LogP contribution in [0.3, 0.4) is 0 Å². The lowest BCUT2D eigenvalue weighted by Gasteiger charge is -2.59. The average molecular weight is 420 g/mol. The first-order valence-corrected chi connectivity index (χ1v) is 11.0. The van der Waals surface area contributed by atoms with Crippen molar-refractivity contribution < 1.29 is 9.53 Å². The minimum absolute atomic E-state index is 0.186. The molecule has 142 valence electrons. The number of rotatable bonds is 7. The molecule has 4 bridgehead atoms. The predicted molar refractivity (Wildman–Crippen MR) is 107 cm³/mol. The molecule has 4 fully saturated rings. The van der Waals surface area contributed by atoms with Gasteiger partial charge in [0.25, 0.3) is 0 Å². The Labute approximate surface area is 165 Å². The molecule has 1 aromatic rings. The molecule has 1 amide bonds. The van der Waals surface area contributed by atoms with Gasteiger partial charge < -0.3 is 10.1 Å². The maximum atomic E-state index is 12.4. The monoisotopic (exact) mass is 419 g/mol. The van der Waals surface area contributed by atoms with E-state index in [1.54, 1.807) is 0 Å². The lowest BCUT2D eigenvalue weighted by molar-refractivity contribution is -0.126. The van der Waals surface area contributed by atoms with E-state index >= 15 is 0 Å². The Balaban J connectivity index is 1.22. The summed E-state index contributed by atoms with van der Waals surface area (Å²) in [6.45, 7) is 2.83. The molecule has 0 radical (unpaired) electrons. The van der Waals surface area contributed by atoms with Gasteiger partial charge in [-0.3, -0.25) is 4.79 Å². The second kappa shape index (κ2) is 7.53. The second-order valence-electron chi connectivity index (χ2n) is 8.98. The summed E-state index contributed by atoms with van der Waals surface area (Å²) in [5.74, 6) is 3.82. The van der Waals surface area contributed by atoms with Gasteiger partial charge in [0.05, 0.1) is 6.61 Å². The Morgan fingerprint density at radius 1 is 1.23 bits per heavy atom. The van der Waals surface area contributed by atoms with E-state index in [9.17, 15) is 4.79 Å². The fraction of sp³-hybridized carbons (Fsp3) is 0.682. The molecule has 3 nitrogen and oxygen atoms in total. The maximum absolute atomic E-state index is 12.4. The van der Waals surface area contributed by atoms with Crippen molar-refractivity contribution in [2.24, 2.45) is 23.2 Å². The van der Waals surface area contributed by atoms with Crippen molar-refractivity contribution in [3.8, 4) is 5.75 Å². The lowest BCUT2D eigenvalue weighted by Crippen LogP contribution is -2.55. The van der Waals surface area contributed by atoms with E-state index in [1.165, 1.54) is 38.5 Å². The van der Waals surface area contributed by atoms with Crippen LogP contribution >= 0.6 is 15.9 Å². The highest BCUT2D eigenvalue weighted by molar-refractivity contribution is 9.10. The van der Waals surface area contributed by atoms with Crippen molar-refractivity contribution in [3.05, 3.63) is 28.7 Å². The van der Waals surface area contributed by atoms with Crippen LogP contribution in [-0.4, -0.2) is 18.6 Å². The molecular weight excluding hydrogens is 390 g/mol. The largest absolute Gasteiger partial charge is 0.494 e. The summed E-state index contributed by atoms with van der Waals surface area (Å²) < 4.78 is 6.74. The molecule has 5 rings (SSSR count). The topological polar surface area (TPSA) is 38.3 Å². The number of hydrogen-bond acceptors (Lipinski definition) is 2. The summed E-state index contributed by atoms with van der Waals surface area (Å²) in [6, 6.07) is 8.15. The number of nitrogens with one attached hydrogen (secondary N) is 1. The Morgan fingerprint density at radius 3 is 2.50 bits per heavy atom. The van der Waals surface area contributed by atoms with Gasteiger partial charge in [0, 0.05) is 16.9 Å². The quantitative estimate of drug-likeness (QED) is 0.606. The van der Waals surface area contributed by atoms with Crippen LogP contribution in [0.2, 0.25) is 0 Å². The summed E-state index contributed by atoms with van der Waals surface area (Å²) in [7, 11) is 0. The minimum Gasteiger partial charge on any atom is -0.494 e. The van der Waals surface area contributed by atoms with Gasteiger partial charge in [-0.05, 0) is 93.2 Å². The van der Waals surface area contributed by atoms with Crippen molar-refractivity contribution in [2.75, 3.05) is 6.61 Å². The van der Waals surface area contributed by atoms with E-state index < -0.39 is 0 Å². The van der Waals surface area contributed by atoms with Gasteiger partial charge in [-0.2, -0.15) is 0 Å². The smallest absolute Gasteiger partial charge is 0.220 e. The van der Waals surface area contributed by atoms with Crippen LogP contribution in [0, 0.1) is 23.2 Å². The first-order valence-electron chi connectivity index (χ1n) is 10.2. The van der Waals surface area contributed by atoms with Crippen molar-refractivity contribution in [1.82, 2.24) is 5.32 Å². The fourth-order valence-electron chi connectivity index (χ4n) is 6.15. The van der Waals surface area contributed by atoms with Gasteiger partial charge in [0.15, 0.2) is 0 Å². The van der Waals surface area contributed by atoms with Gasteiger partial charge in [0.2, 0.25) is 5.91 Å². The van der Waals surface area contributed by atoms with Crippen LogP contribution < -0.4 is 10.1 Å². The third-order valence-electron chi connectivity index (χ3n) is 6.99. The van der Waals surface area contributed by atoms with Gasteiger partial charge in [-0.25, -0.2) is 0 Å². The zero-order valence-electron chi connectivity index (χ0n) is 15.7. The van der Waals surface area contributed by atoms with Gasteiger partial charge >= 0.3 is 0 Å². The minimum atomic E-state index is 0.186. The van der Waals surface area contributed by atoms with E-state index in [2.05, 4.69) is 28.2 Å². The molecule has 0 heterocycles. The first kappa shape index (κ1) is 18.3. The van der Waals surface area contributed by atoms with Crippen molar-refractivity contribution in [2.45, 2.75) is 64.3 Å². The molecule has 1 N–H and O–H groups in total. The number of benzene rings is 1. The van der Waals surface area contributed by atoms with E-state index in [0.29, 0.717) is 24.5 Å². The summed E-state index contributed by atoms with van der Waals surface area (Å²) in [5.41, 5.74) is 0.386. The third kappa shape index (κ3) is 3.95. The summed E-state index contributed by atoms with van der Waals surface area (Å²) in [4.78, 5) is 12.4. The Kier molecular flexibility index (Phi) is 5.31. The first-order chi connectivity index (χ1) is 12.5. The standard InChI is InChI=1S/C22H30BrNO2/c1-15(22-12-16-8-17(13-22)10-18(9-16)14-22)24-21(25)6-3-7-26-20-5-2-4-19(23)11-20/h2,4-5,11,15-18H,3,6-10,12-14H2,1H3,(H,24,25)/t15-,16?,17?,18?,22?/m1/s1. The molecule has 1 atom stereocenters. The predicted octanol–water partition coefficient (Wildman–Crippen LogP) is 5.33. The molecule has 26 heavy (non-hydrogen) atoms. The number of carbonyl (C=O) groups is 1. The molecule has 0 saturated heterocycles. The van der Waals surface area contributed by atoms with E-state index in [1.807, 2.05) is 24.3 Å². The summed E-state index contributed by atoms with van der Waals surface area (Å²) >= 11 is 3.44. The number of halogens is 1. The van der Waals surface area contributed by atoms with E-state index in [0.717, 1.165) is 34.4 Å². The molecule has 4 heteroatoms. The molecule has 4 aliphatic rings. The zero-order chi connectivity index (χ0) is 18.1. The highest BCUT2D eigenvalue weighted by Crippen LogP contribution is 2.61. The number of amides is 1. The third-order valence-corrected chi connectivity index (χ3v) is 7.49. The summed E-state index contributed by atoms with van der Waals surface area (Å²) in [5, 5.41) is 3.34. The highest BCUT2D eigenvalue weighted by Gasteiger charge is 2.53. The van der Waals surface area contributed by atoms with Crippen LogP contribution in [0.1, 0.15) is 58.3 Å². The number of hydrogen-bond donors (Lipinski definition) is 1. The van der Waals surface area contributed by atoms with Gasteiger partial charge in [-0.15, -0.1) is 0 Å². The second-order valence-corrected chi connectivity index (χ2v) is 9.89. The number of ether oxygens (including phenoxy) is 1. The highest BCUT2D eigenvalue weighted by atomic mass is 79.9. The summed E-state index contributed by atoms with van der Waals surface area (Å²) in [6.07, 6.45) is 9.68. The van der Waals surface area contributed by atoms with Gasteiger partial charge in [0.1, 0.15) is 5.75 Å². The molecule has 0 aromatic heterocycles. The average Bonchev–Trinajstić information content (AvgIpc) is 2.57. The molecule has 1 aromatic carbocycles. The van der Waals surface area contributed by atoms with Crippen molar-refractivity contribution in [3.63, 3.8) is 0 Å². The van der Waals surface area contributed by atoms with Crippen LogP contribution in [-0.2, 0) is 4.79 Å². The Bertz CT molecular complexity index is 624. The molecular formula is C22H30BrNO2. The van der Waals surface area contributed by atoms with E-state index in [-0.39, 0.29) is 5.91 Å². The van der Waals surface area contributed by atoms with Crippen LogP contribution in [0.15, 0.2) is 28.7 Å². The SMILES string of the molecule is C[C@@H](NC(=O)CCCOc1cccc(Br)c1)C12CC3CC(CC(C3)C1)C2. The maximum Gasteiger partial charge on any atom is 0.220 e. The van der Waals surface area contributed by atoms with Crippen molar-refractivity contribution >= 4 is 21.8 Å². The molecule has 0 aliphatic heterocycles. The fourth-order valence-corrected chi connectivity index (χ4v) is 6.53. The van der Waals surface area contributed by atoms with Crippen LogP contribution in [0.25, 0.3) is 0 Å². The van der Waals surface area contributed by atoms with E-state index in [4.69, 9.17) is 4.74 Å². The molecule has 0 spiro atoms. The van der Waals surface area contributed by atoms with Crippen LogP contribution in [0.5, 0.6) is 5.75 Å². The van der Waals surface area contributed by atoms with Crippen molar-refractivity contribution in [1.29, 1.82) is 0 Å². The Hall–Kier alpha value is -1.03. The number of carbonyl (C=O) groups excluding carboxylic acids is 1. The zero-order valence-corrected chi connectivity index (χ0v) is 17.3. The van der Waals surface area contributed by atoms with Gasteiger partial charge in [-0.1, -0.05) is 22.0 Å². The molecule has 0 unspecified atom stereocenters. The lowest BCUT2D eigenvalue weighted by atomic mass is 9.48. The Morgan fingerprint density at radius 2 is 1.88 bits per heavy atom. The molecule has 4 aliphatic carbocycles. The normalized spacial score (nSPS) is 33.1. The van der Waals surface area contributed by atoms with Crippen LogP contribution in [0.4, 0.5) is 0 Å².